The Hall–Kier alpha value is -3.06. The minimum Gasteiger partial charge on any atom is -0.497 e. The Bertz CT molecular complexity index is 988. The first-order valence-electron chi connectivity index (χ1n) is 7.93. The molecule has 0 aliphatic heterocycles. The molecule has 0 aliphatic rings. The fraction of sp³-hybridized carbons (Fsp3) is 0.105. The smallest absolute Gasteiger partial charge is 0.262 e. The lowest BCUT2D eigenvalue weighted by molar-refractivity contribution is 0.414. The maximum Gasteiger partial charge on any atom is 0.262 e. The molecule has 0 unspecified atom stereocenters. The second-order valence-electron chi connectivity index (χ2n) is 5.66. The molecule has 3 rings (SSSR count). The first-order chi connectivity index (χ1) is 12.5. The Kier molecular flexibility index (Phi) is 5.09. The highest BCUT2D eigenvalue weighted by Gasteiger charge is 2.17. The predicted octanol–water partition coefficient (Wildman–Crippen LogP) is 3.94. The molecule has 0 saturated heterocycles. The molecule has 0 fully saturated rings. The van der Waals surface area contributed by atoms with E-state index in [4.69, 9.17) is 4.74 Å². The van der Waals surface area contributed by atoms with Crippen LogP contribution < -0.4 is 14.8 Å². The highest BCUT2D eigenvalue weighted by Crippen LogP contribution is 2.23. The van der Waals surface area contributed by atoms with Crippen molar-refractivity contribution in [1.29, 1.82) is 0 Å². The lowest BCUT2D eigenvalue weighted by Gasteiger charge is -2.12. The molecule has 0 spiro atoms. The Morgan fingerprint density at radius 3 is 2.35 bits per heavy atom. The minimum absolute atomic E-state index is 0.199. The van der Waals surface area contributed by atoms with E-state index in [0.29, 0.717) is 22.8 Å². The lowest BCUT2D eigenvalue weighted by atomic mass is 10.2. The van der Waals surface area contributed by atoms with Crippen molar-refractivity contribution >= 4 is 27.2 Å². The van der Waals surface area contributed by atoms with Gasteiger partial charge >= 0.3 is 0 Å². The first-order valence-corrected chi connectivity index (χ1v) is 9.42. The van der Waals surface area contributed by atoms with Crippen molar-refractivity contribution in [3.05, 3.63) is 72.4 Å². The number of nitrogens with zero attached hydrogens (tertiary/aromatic N) is 1. The van der Waals surface area contributed by atoms with E-state index in [1.54, 1.807) is 31.2 Å². The van der Waals surface area contributed by atoms with Crippen molar-refractivity contribution in [1.82, 2.24) is 4.98 Å². The van der Waals surface area contributed by atoms with E-state index in [1.807, 2.05) is 30.3 Å². The Morgan fingerprint density at radius 2 is 1.73 bits per heavy atom. The number of aryl methyl sites for hydroxylation is 1. The summed E-state index contributed by atoms with van der Waals surface area (Å²) < 4.78 is 32.9. The number of sulfonamides is 1. The van der Waals surface area contributed by atoms with Crippen LogP contribution in [0.3, 0.4) is 0 Å². The number of anilines is 3. The number of ether oxygens (including phenoxy) is 1. The molecule has 2 aromatic carbocycles. The normalized spacial score (nSPS) is 11.0. The number of para-hydroxylation sites is 1. The van der Waals surface area contributed by atoms with Gasteiger partial charge in [0.15, 0.2) is 0 Å². The van der Waals surface area contributed by atoms with Crippen molar-refractivity contribution in [2.24, 2.45) is 0 Å². The molecule has 0 saturated carbocycles. The van der Waals surface area contributed by atoms with Crippen LogP contribution in [0.25, 0.3) is 0 Å². The maximum absolute atomic E-state index is 12.6. The van der Waals surface area contributed by atoms with Gasteiger partial charge in [0, 0.05) is 5.69 Å². The largest absolute Gasteiger partial charge is 0.497 e. The van der Waals surface area contributed by atoms with Gasteiger partial charge in [-0.2, -0.15) is 0 Å². The van der Waals surface area contributed by atoms with E-state index in [-0.39, 0.29) is 4.90 Å². The van der Waals surface area contributed by atoms with E-state index in [2.05, 4.69) is 15.0 Å². The average molecular weight is 369 g/mol. The van der Waals surface area contributed by atoms with Crippen molar-refractivity contribution in [3.8, 4) is 5.75 Å². The second-order valence-corrected chi connectivity index (χ2v) is 7.31. The van der Waals surface area contributed by atoms with Crippen LogP contribution in [-0.2, 0) is 10.0 Å². The molecule has 3 aromatic rings. The van der Waals surface area contributed by atoms with E-state index in [1.165, 1.54) is 19.4 Å². The van der Waals surface area contributed by atoms with Crippen molar-refractivity contribution in [2.75, 3.05) is 17.1 Å². The molecule has 0 amide bonds. The summed E-state index contributed by atoms with van der Waals surface area (Å²) in [7, 11) is -2.17. The zero-order chi connectivity index (χ0) is 18.6. The van der Waals surface area contributed by atoms with E-state index < -0.39 is 10.0 Å². The van der Waals surface area contributed by atoms with Crippen LogP contribution in [0.1, 0.15) is 5.56 Å². The minimum atomic E-state index is -3.71. The maximum atomic E-state index is 12.6. The highest BCUT2D eigenvalue weighted by atomic mass is 32.2. The first kappa shape index (κ1) is 17.8. The fourth-order valence-electron chi connectivity index (χ4n) is 2.46. The van der Waals surface area contributed by atoms with Gasteiger partial charge in [-0.3, -0.25) is 4.72 Å². The number of pyridine rings is 1. The number of aromatic nitrogens is 1. The molecule has 0 radical (unpaired) electrons. The quantitative estimate of drug-likeness (QED) is 0.688. The summed E-state index contributed by atoms with van der Waals surface area (Å²) in [6.07, 6.45) is 1.47. The molecule has 0 bridgehead atoms. The number of benzene rings is 2. The van der Waals surface area contributed by atoms with Gasteiger partial charge in [-0.25, -0.2) is 13.4 Å². The zero-order valence-corrected chi connectivity index (χ0v) is 15.2. The van der Waals surface area contributed by atoms with Crippen LogP contribution in [0, 0.1) is 6.92 Å². The third-order valence-electron chi connectivity index (χ3n) is 3.73. The summed E-state index contributed by atoms with van der Waals surface area (Å²) >= 11 is 0. The van der Waals surface area contributed by atoms with Crippen LogP contribution in [0.2, 0.25) is 0 Å². The number of methoxy groups -OCH3 is 1. The average Bonchev–Trinajstić information content (AvgIpc) is 2.63. The molecular weight excluding hydrogens is 350 g/mol. The standard InChI is InChI=1S/C19H19N3O3S/c1-14-12-17(25-2)9-10-18(14)26(23,24)22-16-8-11-19(20-13-16)21-15-6-4-3-5-7-15/h3-13,22H,1-2H3,(H,20,21). The van der Waals surface area contributed by atoms with Crippen LogP contribution in [0.5, 0.6) is 5.75 Å². The van der Waals surface area contributed by atoms with Crippen molar-refractivity contribution in [2.45, 2.75) is 11.8 Å². The lowest BCUT2D eigenvalue weighted by Crippen LogP contribution is -2.14. The molecule has 6 nitrogen and oxygen atoms in total. The van der Waals surface area contributed by atoms with Crippen LogP contribution in [0.4, 0.5) is 17.2 Å². The topological polar surface area (TPSA) is 80.3 Å². The highest BCUT2D eigenvalue weighted by molar-refractivity contribution is 7.92. The van der Waals surface area contributed by atoms with Crippen LogP contribution in [-0.4, -0.2) is 20.5 Å². The number of hydrogen-bond donors (Lipinski definition) is 2. The predicted molar refractivity (Wildman–Crippen MR) is 103 cm³/mol. The van der Waals surface area contributed by atoms with Gasteiger partial charge < -0.3 is 10.1 Å². The summed E-state index contributed by atoms with van der Waals surface area (Å²) in [5.74, 6) is 1.24. The van der Waals surface area contributed by atoms with E-state index in [9.17, 15) is 8.42 Å². The van der Waals surface area contributed by atoms with Gasteiger partial charge in [0.2, 0.25) is 0 Å². The summed E-state index contributed by atoms with van der Waals surface area (Å²) in [5, 5.41) is 3.15. The molecule has 2 N–H and O–H groups in total. The van der Waals surface area contributed by atoms with Gasteiger partial charge in [-0.05, 0) is 55.0 Å². The Morgan fingerprint density at radius 1 is 0.962 bits per heavy atom. The summed E-state index contributed by atoms with van der Waals surface area (Å²) in [4.78, 5) is 4.44. The number of hydrogen-bond acceptors (Lipinski definition) is 5. The second kappa shape index (κ2) is 7.45. The third kappa shape index (κ3) is 4.12. The SMILES string of the molecule is COc1ccc(S(=O)(=O)Nc2ccc(Nc3ccccc3)nc2)c(C)c1. The summed E-state index contributed by atoms with van der Waals surface area (Å²) in [6, 6.07) is 17.8. The molecule has 26 heavy (non-hydrogen) atoms. The van der Waals surface area contributed by atoms with Gasteiger partial charge in [0.05, 0.1) is 23.9 Å². The molecule has 0 aliphatic carbocycles. The summed E-state index contributed by atoms with van der Waals surface area (Å²) in [6.45, 7) is 1.72. The van der Waals surface area contributed by atoms with E-state index in [0.717, 1.165) is 5.69 Å². The van der Waals surface area contributed by atoms with Crippen LogP contribution in [0.15, 0.2) is 71.8 Å². The Labute approximate surface area is 152 Å². The van der Waals surface area contributed by atoms with Crippen LogP contribution >= 0.6 is 0 Å². The fourth-order valence-corrected chi connectivity index (χ4v) is 3.73. The zero-order valence-electron chi connectivity index (χ0n) is 14.4. The van der Waals surface area contributed by atoms with Gasteiger partial charge in [-0.1, -0.05) is 18.2 Å². The monoisotopic (exact) mass is 369 g/mol. The molecule has 1 heterocycles. The van der Waals surface area contributed by atoms with Crippen molar-refractivity contribution < 1.29 is 13.2 Å². The molecule has 134 valence electrons. The van der Waals surface area contributed by atoms with Gasteiger partial charge in [0.25, 0.3) is 10.0 Å². The van der Waals surface area contributed by atoms with E-state index >= 15 is 0 Å². The number of rotatable bonds is 6. The van der Waals surface area contributed by atoms with Gasteiger partial charge in [-0.15, -0.1) is 0 Å². The summed E-state index contributed by atoms with van der Waals surface area (Å²) in [5.41, 5.74) is 1.90. The molecule has 1 aromatic heterocycles. The number of nitrogens with one attached hydrogen (secondary N) is 2. The van der Waals surface area contributed by atoms with Crippen molar-refractivity contribution in [3.63, 3.8) is 0 Å². The third-order valence-corrected chi connectivity index (χ3v) is 5.28. The van der Waals surface area contributed by atoms with Gasteiger partial charge in [0.1, 0.15) is 11.6 Å². The molecule has 0 atom stereocenters. The molecular formula is C19H19N3O3S. The Balaban J connectivity index is 1.76. The molecule has 7 heteroatoms.